The Balaban J connectivity index is 1.32. The van der Waals surface area contributed by atoms with Gasteiger partial charge in [0.25, 0.3) is 11.8 Å². The molecule has 1 aromatic carbocycles. The van der Waals surface area contributed by atoms with Crippen molar-refractivity contribution in [1.29, 1.82) is 0 Å². The lowest BCUT2D eigenvalue weighted by Crippen LogP contribution is -2.51. The highest BCUT2D eigenvalue weighted by atomic mass is 19.1. The van der Waals surface area contributed by atoms with Crippen LogP contribution in [-0.2, 0) is 9.53 Å². The van der Waals surface area contributed by atoms with E-state index in [1.165, 1.54) is 24.5 Å². The summed E-state index contributed by atoms with van der Waals surface area (Å²) in [5.41, 5.74) is -0.0853. The van der Waals surface area contributed by atoms with Gasteiger partial charge in [-0.05, 0) is 36.6 Å². The van der Waals surface area contributed by atoms with Crippen LogP contribution in [0.4, 0.5) is 8.78 Å². The van der Waals surface area contributed by atoms with Crippen molar-refractivity contribution in [3.05, 3.63) is 59.4 Å². The van der Waals surface area contributed by atoms with E-state index in [1.54, 1.807) is 15.9 Å². The van der Waals surface area contributed by atoms with E-state index in [0.29, 0.717) is 49.9 Å². The van der Waals surface area contributed by atoms with Gasteiger partial charge >= 0.3 is 0 Å². The van der Waals surface area contributed by atoms with Gasteiger partial charge in [0, 0.05) is 32.0 Å². The molecule has 0 radical (unpaired) electrons. The van der Waals surface area contributed by atoms with Crippen molar-refractivity contribution in [3.8, 4) is 0 Å². The summed E-state index contributed by atoms with van der Waals surface area (Å²) < 4.78 is 33.6. The Labute approximate surface area is 171 Å². The number of fused-ring (bicyclic) bond motifs is 1. The van der Waals surface area contributed by atoms with E-state index in [4.69, 9.17) is 4.74 Å². The number of ether oxygens (including phenoxy) is 1. The van der Waals surface area contributed by atoms with Crippen LogP contribution in [0.5, 0.6) is 0 Å². The Morgan fingerprint density at radius 1 is 1.10 bits per heavy atom. The quantitative estimate of drug-likeness (QED) is 0.755. The molecule has 0 unspecified atom stereocenters. The number of rotatable bonds is 2. The molecule has 3 aliphatic rings. The van der Waals surface area contributed by atoms with Gasteiger partial charge in [0.05, 0.1) is 24.0 Å². The summed E-state index contributed by atoms with van der Waals surface area (Å²) >= 11 is 0. The van der Waals surface area contributed by atoms with Crippen LogP contribution in [0.1, 0.15) is 47.6 Å². The predicted octanol–water partition coefficient (Wildman–Crippen LogP) is 2.45. The fourth-order valence-electron chi connectivity index (χ4n) is 4.81. The van der Waals surface area contributed by atoms with Crippen molar-refractivity contribution in [2.75, 3.05) is 13.1 Å². The van der Waals surface area contributed by atoms with Crippen molar-refractivity contribution >= 4 is 11.8 Å². The van der Waals surface area contributed by atoms with Crippen LogP contribution < -0.4 is 0 Å². The first kappa shape index (κ1) is 19.0. The third kappa shape index (κ3) is 3.04. The molecular formula is C21H20F2N4O3. The molecule has 5 rings (SSSR count). The maximum atomic E-state index is 13.7. The van der Waals surface area contributed by atoms with Gasteiger partial charge in [0.2, 0.25) is 0 Å². The smallest absolute Gasteiger partial charge is 0.257 e. The first-order chi connectivity index (χ1) is 14.5. The number of piperidine rings is 1. The summed E-state index contributed by atoms with van der Waals surface area (Å²) in [6.45, 7) is 0.763. The summed E-state index contributed by atoms with van der Waals surface area (Å²) in [5.74, 6) is -1.63. The molecule has 0 bridgehead atoms. The second-order valence-corrected chi connectivity index (χ2v) is 8.00. The van der Waals surface area contributed by atoms with Gasteiger partial charge in [0.15, 0.2) is 5.60 Å². The van der Waals surface area contributed by atoms with Gasteiger partial charge in [-0.2, -0.15) is 10.2 Å². The van der Waals surface area contributed by atoms with E-state index < -0.39 is 29.5 Å². The molecule has 1 spiro atoms. The summed E-state index contributed by atoms with van der Waals surface area (Å²) in [4.78, 5) is 29.3. The summed E-state index contributed by atoms with van der Waals surface area (Å²) in [6.07, 6.45) is 4.45. The van der Waals surface area contributed by atoms with Crippen molar-refractivity contribution in [3.63, 3.8) is 0 Å². The van der Waals surface area contributed by atoms with Crippen molar-refractivity contribution in [2.45, 2.75) is 43.6 Å². The minimum absolute atomic E-state index is 0.154. The summed E-state index contributed by atoms with van der Waals surface area (Å²) in [5, 5.41) is 7.41. The molecule has 0 saturated carbocycles. The van der Waals surface area contributed by atoms with Crippen LogP contribution in [0.3, 0.4) is 0 Å². The van der Waals surface area contributed by atoms with Crippen molar-refractivity contribution in [2.24, 2.45) is 0 Å². The molecule has 7 nitrogen and oxygen atoms in total. The maximum Gasteiger partial charge on any atom is 0.257 e. The number of aromatic nitrogens is 2. The Morgan fingerprint density at radius 3 is 2.50 bits per heavy atom. The average molecular weight is 414 g/mol. The third-order valence-electron chi connectivity index (χ3n) is 6.28. The van der Waals surface area contributed by atoms with E-state index in [1.807, 2.05) is 0 Å². The van der Waals surface area contributed by atoms with Crippen LogP contribution >= 0.6 is 0 Å². The number of benzene rings is 1. The number of halogens is 2. The fraction of sp³-hybridized carbons (Fsp3) is 0.429. The van der Waals surface area contributed by atoms with E-state index in [9.17, 15) is 18.4 Å². The molecule has 3 aliphatic heterocycles. The number of carbonyl (C=O) groups is 2. The zero-order chi connectivity index (χ0) is 20.9. The van der Waals surface area contributed by atoms with E-state index in [-0.39, 0.29) is 11.8 Å². The van der Waals surface area contributed by atoms with E-state index in [0.717, 1.165) is 6.07 Å². The van der Waals surface area contributed by atoms with Crippen LogP contribution in [0.15, 0.2) is 36.7 Å². The first-order valence-corrected chi connectivity index (χ1v) is 9.99. The minimum Gasteiger partial charge on any atom is -0.342 e. The molecular weight excluding hydrogens is 394 g/mol. The maximum absolute atomic E-state index is 13.7. The largest absolute Gasteiger partial charge is 0.342 e. The molecule has 3 saturated heterocycles. The van der Waals surface area contributed by atoms with Gasteiger partial charge in [0.1, 0.15) is 17.9 Å². The highest BCUT2D eigenvalue weighted by molar-refractivity contribution is 5.94. The summed E-state index contributed by atoms with van der Waals surface area (Å²) in [7, 11) is 0. The number of nitrogens with zero attached hydrogens (tertiary/aromatic N) is 4. The molecule has 0 aliphatic carbocycles. The molecule has 2 aromatic rings. The SMILES string of the molecule is O=C(c1ccnnc1)N1CCC2(CC1)O[C@@H]1CC[C@@H](c3cc(F)cc(F)c3)N1C2=O. The number of likely N-dealkylation sites (tertiary alicyclic amines) is 1. The first-order valence-electron chi connectivity index (χ1n) is 9.99. The Morgan fingerprint density at radius 2 is 1.83 bits per heavy atom. The Hall–Kier alpha value is -2.94. The zero-order valence-electron chi connectivity index (χ0n) is 16.1. The molecule has 1 aromatic heterocycles. The lowest BCUT2D eigenvalue weighted by atomic mass is 9.89. The Bertz CT molecular complexity index is 975. The molecule has 0 N–H and O–H groups in total. The van der Waals surface area contributed by atoms with Gasteiger partial charge in [-0.25, -0.2) is 8.78 Å². The predicted molar refractivity (Wildman–Crippen MR) is 100.0 cm³/mol. The molecule has 9 heteroatoms. The number of amides is 2. The van der Waals surface area contributed by atoms with E-state index >= 15 is 0 Å². The average Bonchev–Trinajstić information content (AvgIpc) is 3.26. The van der Waals surface area contributed by atoms with Crippen molar-refractivity contribution in [1.82, 2.24) is 20.0 Å². The van der Waals surface area contributed by atoms with E-state index in [2.05, 4.69) is 10.2 Å². The van der Waals surface area contributed by atoms with Gasteiger partial charge < -0.3 is 14.5 Å². The highest BCUT2D eigenvalue weighted by Gasteiger charge is 2.58. The van der Waals surface area contributed by atoms with Gasteiger partial charge in [-0.15, -0.1) is 0 Å². The summed E-state index contributed by atoms with van der Waals surface area (Å²) in [6, 6.07) is 4.58. The standard InChI is InChI=1S/C21H20F2N4O3/c22-15-9-14(10-16(23)11-15)17-1-2-18-27(17)20(29)21(30-18)4-7-26(8-5-21)19(28)13-3-6-24-25-12-13/h3,6,9-12,17-18H,1-2,4-5,7-8H2/t17-,18+/m0/s1. The highest BCUT2D eigenvalue weighted by Crippen LogP contribution is 2.47. The topological polar surface area (TPSA) is 75.6 Å². The Kier molecular flexibility index (Phi) is 4.50. The number of carbonyl (C=O) groups excluding carboxylic acids is 2. The van der Waals surface area contributed by atoms with Gasteiger partial charge in [-0.3, -0.25) is 9.59 Å². The van der Waals surface area contributed by atoms with Crippen LogP contribution in [-0.4, -0.2) is 56.7 Å². The zero-order valence-corrected chi connectivity index (χ0v) is 16.1. The molecule has 30 heavy (non-hydrogen) atoms. The van der Waals surface area contributed by atoms with Crippen LogP contribution in [0.25, 0.3) is 0 Å². The number of hydrogen-bond acceptors (Lipinski definition) is 5. The molecule has 156 valence electrons. The minimum atomic E-state index is -0.984. The second-order valence-electron chi connectivity index (χ2n) is 8.00. The second kappa shape index (κ2) is 7.09. The third-order valence-corrected chi connectivity index (χ3v) is 6.28. The normalized spacial score (nSPS) is 25.1. The van der Waals surface area contributed by atoms with Crippen molar-refractivity contribution < 1.29 is 23.1 Å². The van der Waals surface area contributed by atoms with Crippen LogP contribution in [0.2, 0.25) is 0 Å². The lowest BCUT2D eigenvalue weighted by molar-refractivity contribution is -0.142. The number of hydrogen-bond donors (Lipinski definition) is 0. The fourth-order valence-corrected chi connectivity index (χ4v) is 4.81. The molecule has 2 atom stereocenters. The lowest BCUT2D eigenvalue weighted by Gasteiger charge is -2.37. The molecule has 3 fully saturated rings. The monoisotopic (exact) mass is 414 g/mol. The molecule has 2 amide bonds. The van der Waals surface area contributed by atoms with Gasteiger partial charge in [-0.1, -0.05) is 0 Å². The van der Waals surface area contributed by atoms with Crippen LogP contribution in [0, 0.1) is 11.6 Å². The molecule has 4 heterocycles.